The number of halogens is 2. The van der Waals surface area contributed by atoms with Crippen LogP contribution in [0.5, 0.6) is 0 Å². The van der Waals surface area contributed by atoms with Crippen LogP contribution in [-0.4, -0.2) is 52.1 Å². The molecule has 0 radical (unpaired) electrons. The van der Waals surface area contributed by atoms with Crippen molar-refractivity contribution in [2.45, 2.75) is 32.9 Å². The third kappa shape index (κ3) is 6.04. The largest absolute Gasteiger partial charge is 0.347 e. The lowest BCUT2D eigenvalue weighted by Gasteiger charge is -2.34. The van der Waals surface area contributed by atoms with Gasteiger partial charge in [0.15, 0.2) is 0 Å². The molecule has 2 aromatic rings. The van der Waals surface area contributed by atoms with Gasteiger partial charge in [0.2, 0.25) is 0 Å². The summed E-state index contributed by atoms with van der Waals surface area (Å²) in [6.07, 6.45) is 3.92. The van der Waals surface area contributed by atoms with Crippen molar-refractivity contribution in [3.63, 3.8) is 0 Å². The second-order valence-corrected chi connectivity index (χ2v) is 7.95. The van der Waals surface area contributed by atoms with Crippen LogP contribution in [-0.2, 0) is 13.1 Å². The van der Waals surface area contributed by atoms with Crippen molar-refractivity contribution < 1.29 is 0 Å². The molecule has 3 rings (SSSR count). The second-order valence-electron chi connectivity index (χ2n) is 7.11. The normalized spacial score (nSPS) is 16.0. The summed E-state index contributed by atoms with van der Waals surface area (Å²) in [4.78, 5) is 20.7. The Bertz CT molecular complexity index is 816. The zero-order valence-electron chi connectivity index (χ0n) is 15.7. The molecule has 0 spiro atoms. The lowest BCUT2D eigenvalue weighted by Crippen LogP contribution is -2.46. The summed E-state index contributed by atoms with van der Waals surface area (Å²) in [7, 11) is 0. The Morgan fingerprint density at radius 3 is 2.41 bits per heavy atom. The van der Waals surface area contributed by atoms with Crippen molar-refractivity contribution in [3.05, 3.63) is 62.2 Å². The molecule has 0 atom stereocenters. The van der Waals surface area contributed by atoms with Gasteiger partial charge in [-0.25, -0.2) is 4.79 Å². The third-order valence-electron chi connectivity index (χ3n) is 5.01. The molecule has 1 fully saturated rings. The Kier molecular flexibility index (Phi) is 7.30. The molecule has 1 aliphatic rings. The van der Waals surface area contributed by atoms with Gasteiger partial charge in [-0.15, -0.1) is 0 Å². The van der Waals surface area contributed by atoms with Gasteiger partial charge < -0.3 is 4.90 Å². The predicted molar refractivity (Wildman–Crippen MR) is 111 cm³/mol. The number of aromatic nitrogens is 2. The molecule has 0 N–H and O–H groups in total. The van der Waals surface area contributed by atoms with Crippen molar-refractivity contribution in [1.29, 1.82) is 0 Å². The van der Waals surface area contributed by atoms with Gasteiger partial charge in [-0.2, -0.15) is 4.98 Å². The molecule has 1 aromatic heterocycles. The molecular weight excluding hydrogens is 383 g/mol. The average Bonchev–Trinajstić information content (AvgIpc) is 2.64. The first-order chi connectivity index (χ1) is 13.0. The number of piperazine rings is 1. The quantitative estimate of drug-likeness (QED) is 0.657. The molecule has 1 aliphatic heterocycles. The molecular formula is C20H26Cl2N4O. The first-order valence-electron chi connectivity index (χ1n) is 9.44. The number of rotatable bonds is 7. The van der Waals surface area contributed by atoms with Crippen LogP contribution in [0.15, 0.2) is 35.3 Å². The fourth-order valence-electron chi connectivity index (χ4n) is 3.36. The highest BCUT2D eigenvalue weighted by Gasteiger charge is 2.17. The number of nitrogens with zero attached hydrogens (tertiary/aromatic N) is 4. The maximum Gasteiger partial charge on any atom is 0.347 e. The topological polar surface area (TPSA) is 41.4 Å². The molecule has 2 heterocycles. The van der Waals surface area contributed by atoms with Crippen molar-refractivity contribution >= 4 is 23.2 Å². The van der Waals surface area contributed by atoms with E-state index in [0.29, 0.717) is 5.02 Å². The summed E-state index contributed by atoms with van der Waals surface area (Å²) < 4.78 is 1.70. The van der Waals surface area contributed by atoms with E-state index in [1.807, 2.05) is 37.4 Å². The summed E-state index contributed by atoms with van der Waals surface area (Å²) in [5.74, 6) is 0. The van der Waals surface area contributed by atoms with Gasteiger partial charge in [-0.05, 0) is 50.1 Å². The van der Waals surface area contributed by atoms with Crippen LogP contribution in [0.3, 0.4) is 0 Å². The van der Waals surface area contributed by atoms with Crippen molar-refractivity contribution in [2.24, 2.45) is 0 Å². The fraction of sp³-hybridized carbons (Fsp3) is 0.500. The highest BCUT2D eigenvalue weighted by atomic mass is 35.5. The Labute approximate surface area is 170 Å². The van der Waals surface area contributed by atoms with E-state index in [4.69, 9.17) is 23.2 Å². The number of hydrogen-bond donors (Lipinski definition) is 0. The first-order valence-corrected chi connectivity index (χ1v) is 10.2. The predicted octanol–water partition coefficient (Wildman–Crippen LogP) is 3.46. The molecule has 0 saturated carbocycles. The number of hydrogen-bond acceptors (Lipinski definition) is 4. The van der Waals surface area contributed by atoms with Gasteiger partial charge in [-0.1, -0.05) is 29.3 Å². The second kappa shape index (κ2) is 9.69. The Morgan fingerprint density at radius 2 is 1.70 bits per heavy atom. The minimum absolute atomic E-state index is 0.149. The Morgan fingerprint density at radius 1 is 1.00 bits per heavy atom. The van der Waals surface area contributed by atoms with Crippen molar-refractivity contribution in [3.8, 4) is 0 Å². The van der Waals surface area contributed by atoms with Gasteiger partial charge >= 0.3 is 5.69 Å². The smallest absolute Gasteiger partial charge is 0.301 e. The van der Waals surface area contributed by atoms with Crippen LogP contribution in [0.25, 0.3) is 0 Å². The molecule has 7 heteroatoms. The zero-order chi connectivity index (χ0) is 19.2. The fourth-order valence-corrected chi connectivity index (χ4v) is 3.83. The monoisotopic (exact) mass is 408 g/mol. The summed E-state index contributed by atoms with van der Waals surface area (Å²) in [6.45, 7) is 8.74. The molecule has 146 valence electrons. The van der Waals surface area contributed by atoms with E-state index in [1.165, 1.54) is 0 Å². The minimum atomic E-state index is -0.149. The highest BCUT2D eigenvalue weighted by Crippen LogP contribution is 2.22. The number of benzene rings is 1. The van der Waals surface area contributed by atoms with Crippen molar-refractivity contribution in [2.75, 3.05) is 32.7 Å². The molecule has 5 nitrogen and oxygen atoms in total. The minimum Gasteiger partial charge on any atom is -0.301 e. The van der Waals surface area contributed by atoms with E-state index in [-0.39, 0.29) is 5.69 Å². The summed E-state index contributed by atoms with van der Waals surface area (Å²) >= 11 is 12.2. The van der Waals surface area contributed by atoms with E-state index in [2.05, 4.69) is 14.8 Å². The summed E-state index contributed by atoms with van der Waals surface area (Å²) in [5.41, 5.74) is 1.75. The van der Waals surface area contributed by atoms with Gasteiger partial charge in [0.1, 0.15) is 0 Å². The standard InChI is InChI=1S/C20H26Cl2N4O/c1-16-6-9-26(20(27)23-16)8-3-2-7-24-10-12-25(13-11-24)15-17-4-5-18(21)14-19(17)22/h4-6,9,14H,2-3,7-8,10-13,15H2,1H3. The summed E-state index contributed by atoms with van der Waals surface area (Å²) in [6, 6.07) is 7.60. The van der Waals surface area contributed by atoms with E-state index < -0.39 is 0 Å². The van der Waals surface area contributed by atoms with Crippen LogP contribution >= 0.6 is 23.2 Å². The van der Waals surface area contributed by atoms with Crippen LogP contribution < -0.4 is 5.69 Å². The van der Waals surface area contributed by atoms with Crippen LogP contribution in [0.2, 0.25) is 10.0 Å². The van der Waals surface area contributed by atoms with E-state index >= 15 is 0 Å². The molecule has 1 saturated heterocycles. The van der Waals surface area contributed by atoms with Gasteiger partial charge in [0.05, 0.1) is 0 Å². The van der Waals surface area contributed by atoms with Crippen LogP contribution in [0.4, 0.5) is 0 Å². The molecule has 0 unspecified atom stereocenters. The van der Waals surface area contributed by atoms with Gasteiger partial charge in [0, 0.05) is 61.2 Å². The van der Waals surface area contributed by atoms with Gasteiger partial charge in [0.25, 0.3) is 0 Å². The average molecular weight is 409 g/mol. The molecule has 1 aromatic carbocycles. The maximum atomic E-state index is 11.8. The van der Waals surface area contributed by atoms with Crippen molar-refractivity contribution in [1.82, 2.24) is 19.4 Å². The summed E-state index contributed by atoms with van der Waals surface area (Å²) in [5, 5.41) is 1.42. The molecule has 0 aliphatic carbocycles. The molecule has 0 amide bonds. The van der Waals surface area contributed by atoms with Crippen LogP contribution in [0.1, 0.15) is 24.1 Å². The SMILES string of the molecule is Cc1ccn(CCCCN2CCN(Cc3ccc(Cl)cc3Cl)CC2)c(=O)n1. The lowest BCUT2D eigenvalue weighted by atomic mass is 10.2. The van der Waals surface area contributed by atoms with E-state index in [1.54, 1.807) is 4.57 Å². The Balaban J connectivity index is 1.36. The molecule has 27 heavy (non-hydrogen) atoms. The van der Waals surface area contributed by atoms with E-state index in [9.17, 15) is 4.79 Å². The highest BCUT2D eigenvalue weighted by molar-refractivity contribution is 6.35. The number of aryl methyl sites for hydroxylation is 2. The number of unbranched alkanes of at least 4 members (excludes halogenated alkanes) is 1. The van der Waals surface area contributed by atoms with Crippen LogP contribution in [0, 0.1) is 6.92 Å². The third-order valence-corrected chi connectivity index (χ3v) is 5.60. The first kappa shape index (κ1) is 20.3. The molecule has 0 bridgehead atoms. The van der Waals surface area contributed by atoms with Gasteiger partial charge in [-0.3, -0.25) is 9.47 Å². The maximum absolute atomic E-state index is 11.8. The van der Waals surface area contributed by atoms with E-state index in [0.717, 1.165) is 74.9 Å². The lowest BCUT2D eigenvalue weighted by molar-refractivity contribution is 0.125. The zero-order valence-corrected chi connectivity index (χ0v) is 17.2. The Hall–Kier alpha value is -1.40.